The van der Waals surface area contributed by atoms with Gasteiger partial charge < -0.3 is 9.15 Å². The summed E-state index contributed by atoms with van der Waals surface area (Å²) in [6.07, 6.45) is 6.57. The molecule has 4 heteroatoms. The molecule has 0 aliphatic heterocycles. The molecule has 0 aliphatic rings. The molecule has 1 aromatic heterocycles. The van der Waals surface area contributed by atoms with Gasteiger partial charge in [-0.1, -0.05) is 18.7 Å². The fourth-order valence-electron chi connectivity index (χ4n) is 0.952. The van der Waals surface area contributed by atoms with Crippen molar-refractivity contribution in [2.45, 2.75) is 13.8 Å². The van der Waals surface area contributed by atoms with Crippen LogP contribution in [0.15, 0.2) is 28.1 Å². The maximum Gasteiger partial charge on any atom is 0.249 e. The zero-order valence-corrected chi connectivity index (χ0v) is 8.93. The molecule has 0 aromatic carbocycles. The van der Waals surface area contributed by atoms with Gasteiger partial charge in [0.1, 0.15) is 5.69 Å². The number of aliphatic imine (C=N–C) groups is 1. The van der Waals surface area contributed by atoms with E-state index >= 15 is 0 Å². The highest BCUT2D eigenvalue weighted by Gasteiger charge is 2.05. The van der Waals surface area contributed by atoms with E-state index in [4.69, 9.17) is 9.15 Å². The van der Waals surface area contributed by atoms with Crippen molar-refractivity contribution in [3.63, 3.8) is 0 Å². The number of allylic oxidation sites excluding steroid dienone is 2. The number of nitrogens with zero attached hydrogens (tertiary/aromatic N) is 2. The number of rotatable bonds is 5. The van der Waals surface area contributed by atoms with E-state index in [0.29, 0.717) is 24.1 Å². The first-order valence-corrected chi connectivity index (χ1v) is 4.68. The van der Waals surface area contributed by atoms with Gasteiger partial charge in [-0.3, -0.25) is 0 Å². The van der Waals surface area contributed by atoms with E-state index in [2.05, 4.69) is 16.6 Å². The second-order valence-electron chi connectivity index (χ2n) is 2.71. The first-order valence-electron chi connectivity index (χ1n) is 4.68. The third-order valence-corrected chi connectivity index (χ3v) is 1.54. The Bertz CT molecular complexity index is 378. The van der Waals surface area contributed by atoms with Gasteiger partial charge in [0.25, 0.3) is 0 Å². The fraction of sp³-hybridized carbons (Fsp3) is 0.273. The number of hydrogen-bond donors (Lipinski definition) is 0. The van der Waals surface area contributed by atoms with Gasteiger partial charge in [-0.25, -0.2) is 4.98 Å². The fourth-order valence-corrected chi connectivity index (χ4v) is 0.952. The highest BCUT2D eigenvalue weighted by Crippen LogP contribution is 2.21. The number of aromatic nitrogens is 1. The Morgan fingerprint density at radius 3 is 3.07 bits per heavy atom. The van der Waals surface area contributed by atoms with Crippen molar-refractivity contribution in [2.75, 3.05) is 6.61 Å². The lowest BCUT2D eigenvalue weighted by Gasteiger charge is -1.90. The molecule has 80 valence electrons. The highest BCUT2D eigenvalue weighted by molar-refractivity contribution is 5.61. The number of oxazole rings is 1. The molecule has 1 rings (SSSR count). The molecule has 0 saturated heterocycles. The molecule has 0 radical (unpaired) electrons. The summed E-state index contributed by atoms with van der Waals surface area (Å²) in [5.41, 5.74) is 0.670. The molecule has 0 amide bonds. The molecular weight excluding hydrogens is 192 g/mol. The minimum atomic E-state index is 0.444. The zero-order valence-electron chi connectivity index (χ0n) is 8.93. The zero-order chi connectivity index (χ0) is 11.1. The molecule has 0 fully saturated rings. The van der Waals surface area contributed by atoms with Crippen molar-refractivity contribution in [1.82, 2.24) is 4.98 Å². The molecular formula is C11H14N2O2. The van der Waals surface area contributed by atoms with Crippen molar-refractivity contribution in [3.8, 4) is 0 Å². The van der Waals surface area contributed by atoms with Crippen LogP contribution in [0.5, 0.6) is 0 Å². The Kier molecular flexibility index (Phi) is 4.34. The first-order chi connectivity index (χ1) is 7.27. The third-order valence-electron chi connectivity index (χ3n) is 1.54. The van der Waals surface area contributed by atoms with Gasteiger partial charge in [-0.05, 0) is 13.0 Å². The van der Waals surface area contributed by atoms with Crippen LogP contribution in [0.1, 0.15) is 18.5 Å². The normalized spacial score (nSPS) is 11.3. The molecule has 0 unspecified atom stereocenters. The van der Waals surface area contributed by atoms with Crippen LogP contribution in [0.4, 0.5) is 5.88 Å². The summed E-state index contributed by atoms with van der Waals surface area (Å²) >= 11 is 0. The lowest BCUT2D eigenvalue weighted by atomic mass is 10.4. The van der Waals surface area contributed by atoms with Crippen molar-refractivity contribution in [3.05, 3.63) is 30.3 Å². The van der Waals surface area contributed by atoms with E-state index in [1.54, 1.807) is 25.2 Å². The second-order valence-corrected chi connectivity index (χ2v) is 2.71. The van der Waals surface area contributed by atoms with E-state index in [-0.39, 0.29) is 0 Å². The first kappa shape index (κ1) is 11.2. The predicted molar refractivity (Wildman–Crippen MR) is 60.2 cm³/mol. The van der Waals surface area contributed by atoms with E-state index < -0.39 is 0 Å². The summed E-state index contributed by atoms with van der Waals surface area (Å²) in [7, 11) is 0. The Balaban J connectivity index is 2.85. The Morgan fingerprint density at radius 1 is 1.60 bits per heavy atom. The van der Waals surface area contributed by atoms with Crippen LogP contribution in [0.2, 0.25) is 0 Å². The van der Waals surface area contributed by atoms with E-state index in [1.807, 2.05) is 6.92 Å². The van der Waals surface area contributed by atoms with Crippen LogP contribution >= 0.6 is 0 Å². The summed E-state index contributed by atoms with van der Waals surface area (Å²) in [4.78, 5) is 8.16. The molecule has 0 aliphatic carbocycles. The van der Waals surface area contributed by atoms with Gasteiger partial charge in [0.05, 0.1) is 6.61 Å². The van der Waals surface area contributed by atoms with Crippen LogP contribution < -0.4 is 0 Å². The standard InChI is InChI=1S/C11H14N2O2/c1-4-6-7-10-11(12-8-14-5-2)15-9(3)13-10/h4,6-8H,1,5H2,2-3H3/b7-6-,12-8+. The molecule has 0 atom stereocenters. The topological polar surface area (TPSA) is 47.6 Å². The van der Waals surface area contributed by atoms with Gasteiger partial charge in [-0.15, -0.1) is 0 Å². The van der Waals surface area contributed by atoms with Crippen LogP contribution in [0.3, 0.4) is 0 Å². The smallest absolute Gasteiger partial charge is 0.249 e. The SMILES string of the molecule is C=C/C=C\c1nc(C)oc1/N=C/OCC. The van der Waals surface area contributed by atoms with Crippen molar-refractivity contribution >= 4 is 18.4 Å². The van der Waals surface area contributed by atoms with Crippen molar-refractivity contribution < 1.29 is 9.15 Å². The van der Waals surface area contributed by atoms with Crippen LogP contribution in [-0.4, -0.2) is 18.0 Å². The molecule has 15 heavy (non-hydrogen) atoms. The predicted octanol–water partition coefficient (Wildman–Crippen LogP) is 2.88. The average Bonchev–Trinajstić information content (AvgIpc) is 2.56. The maximum absolute atomic E-state index is 5.28. The molecule has 4 nitrogen and oxygen atoms in total. The Morgan fingerprint density at radius 2 is 2.40 bits per heavy atom. The van der Waals surface area contributed by atoms with E-state index in [0.717, 1.165) is 0 Å². The van der Waals surface area contributed by atoms with Crippen molar-refractivity contribution in [1.29, 1.82) is 0 Å². The van der Waals surface area contributed by atoms with Crippen molar-refractivity contribution in [2.24, 2.45) is 4.99 Å². The van der Waals surface area contributed by atoms with Gasteiger partial charge in [-0.2, -0.15) is 4.99 Å². The van der Waals surface area contributed by atoms with Crippen LogP contribution in [0, 0.1) is 6.92 Å². The van der Waals surface area contributed by atoms with Gasteiger partial charge >= 0.3 is 0 Å². The summed E-state index contributed by atoms with van der Waals surface area (Å²) in [6, 6.07) is 0. The molecule has 0 N–H and O–H groups in total. The second kappa shape index (κ2) is 5.80. The number of aryl methyl sites for hydroxylation is 1. The molecule has 1 aromatic rings. The summed E-state index contributed by atoms with van der Waals surface area (Å²) in [6.45, 7) is 7.81. The molecule has 0 bridgehead atoms. The minimum absolute atomic E-state index is 0.444. The van der Waals surface area contributed by atoms with Gasteiger partial charge in [0.15, 0.2) is 12.3 Å². The maximum atomic E-state index is 5.28. The van der Waals surface area contributed by atoms with Crippen LogP contribution in [0.25, 0.3) is 6.08 Å². The highest BCUT2D eigenvalue weighted by atomic mass is 16.5. The lowest BCUT2D eigenvalue weighted by Crippen LogP contribution is -1.83. The van der Waals surface area contributed by atoms with E-state index in [1.165, 1.54) is 6.40 Å². The Hall–Kier alpha value is -1.84. The quantitative estimate of drug-likeness (QED) is 0.423. The number of hydrogen-bond acceptors (Lipinski definition) is 4. The molecule has 0 saturated carbocycles. The summed E-state index contributed by atoms with van der Waals surface area (Å²) in [5, 5.41) is 0. The molecule has 0 spiro atoms. The third kappa shape index (κ3) is 3.42. The summed E-state index contributed by atoms with van der Waals surface area (Å²) in [5.74, 6) is 1.02. The largest absolute Gasteiger partial charge is 0.483 e. The van der Waals surface area contributed by atoms with Gasteiger partial charge in [0, 0.05) is 6.92 Å². The Labute approximate surface area is 89.0 Å². The summed E-state index contributed by atoms with van der Waals surface area (Å²) < 4.78 is 10.3. The lowest BCUT2D eigenvalue weighted by molar-refractivity contribution is 0.343. The molecule has 1 heterocycles. The number of ether oxygens (including phenoxy) is 1. The van der Waals surface area contributed by atoms with Crippen LogP contribution in [-0.2, 0) is 4.74 Å². The monoisotopic (exact) mass is 206 g/mol. The average molecular weight is 206 g/mol. The van der Waals surface area contributed by atoms with E-state index in [9.17, 15) is 0 Å². The minimum Gasteiger partial charge on any atom is -0.483 e. The van der Waals surface area contributed by atoms with Gasteiger partial charge in [0.2, 0.25) is 5.88 Å².